The van der Waals surface area contributed by atoms with Gasteiger partial charge in [-0.15, -0.1) is 0 Å². The van der Waals surface area contributed by atoms with Gasteiger partial charge in [0.25, 0.3) is 0 Å². The van der Waals surface area contributed by atoms with Crippen LogP contribution in [0, 0.1) is 11.7 Å². The summed E-state index contributed by atoms with van der Waals surface area (Å²) in [6.45, 7) is 0. The number of nitrogens with one attached hydrogen (secondary N) is 1. The van der Waals surface area contributed by atoms with Crippen molar-refractivity contribution in [2.45, 2.75) is 12.3 Å². The lowest BCUT2D eigenvalue weighted by Crippen LogP contribution is -2.14. The minimum atomic E-state index is -0.323. The van der Waals surface area contributed by atoms with Crippen LogP contribution in [-0.2, 0) is 4.79 Å². The highest BCUT2D eigenvalue weighted by atomic mass is 19.1. The topological polar surface area (TPSA) is 49.3 Å². The number of carbonyl (C=O) groups excluding carboxylic acids is 1. The van der Waals surface area contributed by atoms with Crippen LogP contribution in [0.25, 0.3) is 0 Å². The predicted molar refractivity (Wildman–Crippen MR) is 74.0 cm³/mol. The Labute approximate surface area is 116 Å². The zero-order valence-corrected chi connectivity index (χ0v) is 10.7. The maximum absolute atomic E-state index is 12.8. The van der Waals surface area contributed by atoms with Gasteiger partial charge in [-0.3, -0.25) is 4.79 Å². The molecule has 0 aromatic heterocycles. The Morgan fingerprint density at radius 1 is 1.10 bits per heavy atom. The molecule has 3 rings (SSSR count). The highest BCUT2D eigenvalue weighted by Gasteiger charge is 2.43. The van der Waals surface area contributed by atoms with E-state index in [0.717, 1.165) is 12.0 Å². The Hall–Kier alpha value is -2.36. The molecular weight excluding hydrogens is 257 g/mol. The Morgan fingerprint density at radius 3 is 2.40 bits per heavy atom. The molecule has 0 saturated heterocycles. The molecule has 2 unspecified atom stereocenters. The molecule has 1 aliphatic rings. The molecule has 0 bridgehead atoms. The molecule has 20 heavy (non-hydrogen) atoms. The minimum absolute atomic E-state index is 0.0466. The average Bonchev–Trinajstić information content (AvgIpc) is 3.23. The SMILES string of the molecule is O=C(Nc1ccc(F)cc1)C1CC1c1ccc(O)cc1. The quantitative estimate of drug-likeness (QED) is 0.900. The molecule has 2 aromatic carbocycles. The van der Waals surface area contributed by atoms with E-state index in [1.165, 1.54) is 12.1 Å². The Morgan fingerprint density at radius 2 is 1.75 bits per heavy atom. The van der Waals surface area contributed by atoms with E-state index >= 15 is 0 Å². The molecule has 2 N–H and O–H groups in total. The van der Waals surface area contributed by atoms with Crippen molar-refractivity contribution in [3.05, 3.63) is 59.9 Å². The highest BCUT2D eigenvalue weighted by molar-refractivity contribution is 5.95. The average molecular weight is 271 g/mol. The molecule has 3 nitrogen and oxygen atoms in total. The standard InChI is InChI=1S/C16H14FNO2/c17-11-3-5-12(6-4-11)18-16(20)15-9-14(15)10-1-7-13(19)8-2-10/h1-8,14-15,19H,9H2,(H,18,20). The maximum atomic E-state index is 12.8. The second-order valence-corrected chi connectivity index (χ2v) is 5.04. The van der Waals surface area contributed by atoms with Gasteiger partial charge >= 0.3 is 0 Å². The zero-order chi connectivity index (χ0) is 14.1. The van der Waals surface area contributed by atoms with Crippen molar-refractivity contribution in [3.8, 4) is 5.75 Å². The molecule has 0 radical (unpaired) electrons. The number of anilines is 1. The number of rotatable bonds is 3. The van der Waals surface area contributed by atoms with Gasteiger partial charge in [-0.25, -0.2) is 4.39 Å². The summed E-state index contributed by atoms with van der Waals surface area (Å²) < 4.78 is 12.8. The number of hydrogen-bond acceptors (Lipinski definition) is 2. The number of amides is 1. The largest absolute Gasteiger partial charge is 0.508 e. The van der Waals surface area contributed by atoms with Crippen LogP contribution in [0.5, 0.6) is 5.75 Å². The van der Waals surface area contributed by atoms with E-state index in [2.05, 4.69) is 5.32 Å². The van der Waals surface area contributed by atoms with Gasteiger partial charge in [-0.1, -0.05) is 12.1 Å². The van der Waals surface area contributed by atoms with Crippen molar-refractivity contribution in [2.75, 3.05) is 5.32 Å². The van der Waals surface area contributed by atoms with Gasteiger partial charge in [0, 0.05) is 11.6 Å². The van der Waals surface area contributed by atoms with Crippen LogP contribution in [0.4, 0.5) is 10.1 Å². The fourth-order valence-corrected chi connectivity index (χ4v) is 2.34. The lowest BCUT2D eigenvalue weighted by atomic mass is 10.1. The zero-order valence-electron chi connectivity index (χ0n) is 10.7. The van der Waals surface area contributed by atoms with Crippen LogP contribution < -0.4 is 5.32 Å². The van der Waals surface area contributed by atoms with Gasteiger partial charge in [0.15, 0.2) is 0 Å². The summed E-state index contributed by atoms with van der Waals surface area (Å²) in [5, 5.41) is 12.0. The molecule has 0 heterocycles. The fourth-order valence-electron chi connectivity index (χ4n) is 2.34. The Kier molecular flexibility index (Phi) is 3.14. The maximum Gasteiger partial charge on any atom is 0.228 e. The summed E-state index contributed by atoms with van der Waals surface area (Å²) in [5.74, 6) is 0.00781. The number of carbonyl (C=O) groups is 1. The lowest BCUT2D eigenvalue weighted by molar-refractivity contribution is -0.117. The number of aromatic hydroxyl groups is 1. The van der Waals surface area contributed by atoms with E-state index in [9.17, 15) is 14.3 Å². The summed E-state index contributed by atoms with van der Waals surface area (Å²) in [7, 11) is 0. The first-order valence-electron chi connectivity index (χ1n) is 6.49. The van der Waals surface area contributed by atoms with Gasteiger partial charge in [0.1, 0.15) is 11.6 Å². The number of halogens is 1. The normalized spacial score (nSPS) is 20.4. The van der Waals surface area contributed by atoms with Crippen LogP contribution in [0.3, 0.4) is 0 Å². The number of hydrogen-bond donors (Lipinski definition) is 2. The van der Waals surface area contributed by atoms with Crippen molar-refractivity contribution in [1.29, 1.82) is 0 Å². The number of benzene rings is 2. The van der Waals surface area contributed by atoms with Gasteiger partial charge in [0.2, 0.25) is 5.91 Å². The molecule has 1 amide bonds. The molecule has 0 aliphatic heterocycles. The predicted octanol–water partition coefficient (Wildman–Crippen LogP) is 3.27. The molecule has 2 atom stereocenters. The van der Waals surface area contributed by atoms with E-state index in [1.807, 2.05) is 12.1 Å². The highest BCUT2D eigenvalue weighted by Crippen LogP contribution is 2.48. The van der Waals surface area contributed by atoms with Crippen molar-refractivity contribution >= 4 is 11.6 Å². The summed E-state index contributed by atoms with van der Waals surface area (Å²) >= 11 is 0. The van der Waals surface area contributed by atoms with E-state index in [-0.39, 0.29) is 29.3 Å². The van der Waals surface area contributed by atoms with Gasteiger partial charge in [-0.05, 0) is 54.3 Å². The van der Waals surface area contributed by atoms with Crippen molar-refractivity contribution in [2.24, 2.45) is 5.92 Å². The fraction of sp³-hybridized carbons (Fsp3) is 0.188. The first-order valence-corrected chi connectivity index (χ1v) is 6.49. The van der Waals surface area contributed by atoms with E-state index < -0.39 is 0 Å². The van der Waals surface area contributed by atoms with Crippen LogP contribution in [-0.4, -0.2) is 11.0 Å². The molecule has 1 fully saturated rings. The third-order valence-corrected chi connectivity index (χ3v) is 3.56. The summed E-state index contributed by atoms with van der Waals surface area (Å²) in [4.78, 5) is 12.1. The third-order valence-electron chi connectivity index (χ3n) is 3.56. The molecule has 4 heteroatoms. The van der Waals surface area contributed by atoms with Crippen LogP contribution in [0.1, 0.15) is 17.9 Å². The smallest absolute Gasteiger partial charge is 0.228 e. The first-order chi connectivity index (χ1) is 9.63. The summed E-state index contributed by atoms with van der Waals surface area (Å²) in [6.07, 6.45) is 0.803. The van der Waals surface area contributed by atoms with Gasteiger partial charge < -0.3 is 10.4 Å². The van der Waals surface area contributed by atoms with Crippen molar-refractivity contribution < 1.29 is 14.3 Å². The van der Waals surface area contributed by atoms with Crippen LogP contribution in [0.2, 0.25) is 0 Å². The lowest BCUT2D eigenvalue weighted by Gasteiger charge is -2.05. The van der Waals surface area contributed by atoms with E-state index in [1.54, 1.807) is 24.3 Å². The van der Waals surface area contributed by atoms with Crippen LogP contribution >= 0.6 is 0 Å². The van der Waals surface area contributed by atoms with Gasteiger partial charge in [0.05, 0.1) is 0 Å². The molecule has 1 saturated carbocycles. The number of phenolic OH excluding ortho intramolecular Hbond substituents is 1. The van der Waals surface area contributed by atoms with Crippen molar-refractivity contribution in [1.82, 2.24) is 0 Å². The van der Waals surface area contributed by atoms with Crippen molar-refractivity contribution in [3.63, 3.8) is 0 Å². The molecule has 1 aliphatic carbocycles. The second-order valence-electron chi connectivity index (χ2n) is 5.04. The summed E-state index contributed by atoms with van der Waals surface area (Å²) in [5.41, 5.74) is 1.66. The molecular formula is C16H14FNO2. The van der Waals surface area contributed by atoms with E-state index in [4.69, 9.17) is 0 Å². The Balaban J connectivity index is 1.62. The second kappa shape index (κ2) is 4.96. The molecule has 2 aromatic rings. The third kappa shape index (κ3) is 2.64. The molecule has 102 valence electrons. The minimum Gasteiger partial charge on any atom is -0.508 e. The molecule has 0 spiro atoms. The number of phenols is 1. The Bertz CT molecular complexity index is 622. The van der Waals surface area contributed by atoms with Crippen LogP contribution in [0.15, 0.2) is 48.5 Å². The van der Waals surface area contributed by atoms with Gasteiger partial charge in [-0.2, -0.15) is 0 Å². The summed E-state index contributed by atoms with van der Waals surface area (Å²) in [6, 6.07) is 12.7. The first kappa shape index (κ1) is 12.7. The van der Waals surface area contributed by atoms with E-state index in [0.29, 0.717) is 5.69 Å². The monoisotopic (exact) mass is 271 g/mol.